The van der Waals surface area contributed by atoms with Crippen LogP contribution in [-0.2, 0) is 24.2 Å². The molecule has 2 heterocycles. The molecule has 1 aliphatic heterocycles. The van der Waals surface area contributed by atoms with E-state index in [0.717, 1.165) is 28.2 Å². The van der Waals surface area contributed by atoms with E-state index in [-0.39, 0.29) is 47.3 Å². The molecule has 12 nitrogen and oxygen atoms in total. The molecule has 0 spiro atoms. The van der Waals surface area contributed by atoms with Gasteiger partial charge < -0.3 is 23.3 Å². The van der Waals surface area contributed by atoms with E-state index >= 15 is 0 Å². The fraction of sp³-hybridized carbons (Fsp3) is 0.421. The van der Waals surface area contributed by atoms with Crippen molar-refractivity contribution in [1.82, 2.24) is 19.2 Å². The second-order valence-corrected chi connectivity index (χ2v) is 15.8. The lowest BCUT2D eigenvalue weighted by atomic mass is 9.80. The van der Waals surface area contributed by atoms with Gasteiger partial charge in [0.15, 0.2) is 0 Å². The van der Waals surface area contributed by atoms with Crippen LogP contribution in [0.5, 0.6) is 11.5 Å². The molecule has 1 N–H and O–H groups in total. The van der Waals surface area contributed by atoms with E-state index in [1.54, 1.807) is 33.1 Å². The highest BCUT2D eigenvalue weighted by molar-refractivity contribution is 8.00. The Morgan fingerprint density at radius 2 is 1.48 bits per heavy atom. The third-order valence-corrected chi connectivity index (χ3v) is 12.4. The molecule has 1 fully saturated rings. The number of aromatic nitrogens is 3. The van der Waals surface area contributed by atoms with Crippen molar-refractivity contribution < 1.29 is 28.1 Å². The Bertz CT molecular complexity index is 1760. The number of hydrogen-bond donors (Lipinski definition) is 1. The molecular formula is C38H48N5O7PS. The van der Waals surface area contributed by atoms with Gasteiger partial charge in [0.25, 0.3) is 8.53 Å². The smallest absolute Gasteiger partial charge is 0.353 e. The van der Waals surface area contributed by atoms with E-state index in [9.17, 15) is 9.59 Å². The number of ether oxygens (including phenoxy) is 3. The topological polar surface area (TPSA) is 126 Å². The van der Waals surface area contributed by atoms with E-state index in [2.05, 4.69) is 59.8 Å². The van der Waals surface area contributed by atoms with Gasteiger partial charge in [-0.25, -0.2) is 14.4 Å². The van der Waals surface area contributed by atoms with Gasteiger partial charge in [-0.2, -0.15) is 4.98 Å². The lowest BCUT2D eigenvalue weighted by Crippen LogP contribution is -2.38. The average molecular weight is 750 g/mol. The molecule has 52 heavy (non-hydrogen) atoms. The maximum Gasteiger partial charge on any atom is 0.353 e. The van der Waals surface area contributed by atoms with Crippen molar-refractivity contribution >= 4 is 32.1 Å². The van der Waals surface area contributed by atoms with Crippen molar-refractivity contribution in [3.8, 4) is 11.5 Å². The minimum absolute atomic E-state index is 0.0385. The Labute approximate surface area is 311 Å². The maximum absolute atomic E-state index is 13.3. The zero-order valence-electron chi connectivity index (χ0n) is 30.9. The van der Waals surface area contributed by atoms with Gasteiger partial charge >= 0.3 is 5.69 Å². The van der Waals surface area contributed by atoms with Gasteiger partial charge in [0, 0.05) is 32.5 Å². The first-order chi connectivity index (χ1) is 25.0. The lowest BCUT2D eigenvalue weighted by Gasteiger charge is -2.39. The molecule has 4 atom stereocenters. The Morgan fingerprint density at radius 3 is 1.96 bits per heavy atom. The molecule has 2 unspecified atom stereocenters. The van der Waals surface area contributed by atoms with Crippen LogP contribution in [0.4, 0.5) is 5.95 Å². The van der Waals surface area contributed by atoms with Gasteiger partial charge in [0.1, 0.15) is 23.4 Å². The molecule has 3 aromatic carbocycles. The number of benzene rings is 3. The first-order valence-corrected chi connectivity index (χ1v) is 19.2. The van der Waals surface area contributed by atoms with Gasteiger partial charge in [0.05, 0.1) is 37.6 Å². The molecule has 0 bridgehead atoms. The summed E-state index contributed by atoms with van der Waals surface area (Å²) in [6, 6.07) is 26.3. The standard InChI is InChI=1S/C38H48N5O7PS/c1-25(2)43(26(3)4)51(48-8)50-33-22-35(42-24-39-36(40-27(5)44)41-37(42)45)52-34(33)23-49-38(28-12-10-9-11-13-28,29-14-18-31(46-6)19-15-29)30-16-20-32(47-7)21-17-30/h9-21,24-26,33-35H,22-23H2,1-8H3,(H,40,41,44,45)/t33?,34-,35-,51?/m1/s1. The Balaban J connectivity index is 1.58. The van der Waals surface area contributed by atoms with Crippen molar-refractivity contribution in [2.75, 3.05) is 33.3 Å². The molecule has 0 aliphatic carbocycles. The van der Waals surface area contributed by atoms with Crippen LogP contribution in [0.1, 0.15) is 63.1 Å². The van der Waals surface area contributed by atoms with Gasteiger partial charge in [-0.1, -0.05) is 54.6 Å². The number of carbonyl (C=O) groups is 1. The summed E-state index contributed by atoms with van der Waals surface area (Å²) >= 11 is 1.57. The first-order valence-electron chi connectivity index (χ1n) is 17.2. The maximum atomic E-state index is 13.3. The van der Waals surface area contributed by atoms with E-state index in [0.29, 0.717) is 6.42 Å². The molecule has 0 saturated carbocycles. The van der Waals surface area contributed by atoms with Crippen LogP contribution in [0.15, 0.2) is 90.0 Å². The van der Waals surface area contributed by atoms with Crippen molar-refractivity contribution in [1.29, 1.82) is 0 Å². The number of thioether (sulfide) groups is 1. The number of nitrogens with zero attached hydrogens (tertiary/aromatic N) is 4. The lowest BCUT2D eigenvalue weighted by molar-refractivity contribution is -0.114. The van der Waals surface area contributed by atoms with Crippen LogP contribution in [-0.4, -0.2) is 76.5 Å². The summed E-state index contributed by atoms with van der Waals surface area (Å²) in [6.07, 6.45) is 1.52. The number of rotatable bonds is 16. The normalized spacial score (nSPS) is 18.2. The van der Waals surface area contributed by atoms with Crippen molar-refractivity contribution in [3.63, 3.8) is 0 Å². The molecule has 278 valence electrons. The van der Waals surface area contributed by atoms with Gasteiger partial charge in [-0.3, -0.25) is 14.7 Å². The summed E-state index contributed by atoms with van der Waals surface area (Å²) < 4.78 is 35.0. The van der Waals surface area contributed by atoms with E-state index in [1.807, 2.05) is 66.7 Å². The quantitative estimate of drug-likeness (QED) is 0.0940. The predicted octanol–water partition coefficient (Wildman–Crippen LogP) is 7.00. The van der Waals surface area contributed by atoms with Crippen LogP contribution in [0.25, 0.3) is 0 Å². The van der Waals surface area contributed by atoms with Crippen LogP contribution in [0.3, 0.4) is 0 Å². The van der Waals surface area contributed by atoms with E-state index in [4.69, 9.17) is 23.3 Å². The minimum Gasteiger partial charge on any atom is -0.497 e. The third kappa shape index (κ3) is 8.85. The summed E-state index contributed by atoms with van der Waals surface area (Å²) in [7, 11) is 3.50. The van der Waals surface area contributed by atoms with E-state index in [1.165, 1.54) is 17.8 Å². The largest absolute Gasteiger partial charge is 0.497 e. The number of anilines is 1. The number of carbonyl (C=O) groups excluding carboxylic acids is 1. The molecular weight excluding hydrogens is 701 g/mol. The number of hydrogen-bond acceptors (Lipinski definition) is 11. The second kappa shape index (κ2) is 17.8. The Hall–Kier alpha value is -3.84. The summed E-state index contributed by atoms with van der Waals surface area (Å²) in [5.41, 5.74) is 1.18. The van der Waals surface area contributed by atoms with Gasteiger partial charge in [0.2, 0.25) is 11.9 Å². The van der Waals surface area contributed by atoms with Crippen LogP contribution >= 0.6 is 20.3 Å². The Morgan fingerprint density at radius 1 is 0.923 bits per heavy atom. The van der Waals surface area contributed by atoms with Gasteiger partial charge in [-0.15, -0.1) is 11.8 Å². The minimum atomic E-state index is -1.46. The monoisotopic (exact) mass is 749 g/mol. The molecule has 1 aliphatic rings. The summed E-state index contributed by atoms with van der Waals surface area (Å²) in [5, 5.41) is 1.87. The molecule has 0 radical (unpaired) electrons. The van der Waals surface area contributed by atoms with Crippen molar-refractivity contribution in [3.05, 3.63) is 112 Å². The van der Waals surface area contributed by atoms with E-state index < -0.39 is 19.8 Å². The highest BCUT2D eigenvalue weighted by Gasteiger charge is 2.44. The fourth-order valence-electron chi connectivity index (χ4n) is 6.45. The predicted molar refractivity (Wildman–Crippen MR) is 205 cm³/mol. The van der Waals surface area contributed by atoms with Crippen molar-refractivity contribution in [2.45, 2.75) is 75.5 Å². The Kier molecular flexibility index (Phi) is 13.5. The highest BCUT2D eigenvalue weighted by atomic mass is 32.2. The molecule has 1 saturated heterocycles. The van der Waals surface area contributed by atoms with Crippen LogP contribution in [0, 0.1) is 0 Å². The molecule has 4 aromatic rings. The molecule has 5 rings (SSSR count). The fourth-order valence-corrected chi connectivity index (χ4v) is 9.61. The zero-order valence-corrected chi connectivity index (χ0v) is 32.6. The number of nitrogens with one attached hydrogen (secondary N) is 1. The SMILES string of the molecule is COc1ccc(C(OC[C@H]2S[C@@H](n3cnc(NC(C)=O)nc3=O)CC2OP(OC)N(C(C)C)C(C)C)(c2ccccc2)c2ccc(OC)cc2)cc1. The summed E-state index contributed by atoms with van der Waals surface area (Å²) in [6.45, 7) is 10.1. The summed E-state index contributed by atoms with van der Waals surface area (Å²) in [5.74, 6) is 1.06. The van der Waals surface area contributed by atoms with Crippen molar-refractivity contribution in [2.24, 2.45) is 0 Å². The second-order valence-electron chi connectivity index (χ2n) is 12.9. The number of methoxy groups -OCH3 is 2. The molecule has 14 heteroatoms. The number of amides is 1. The molecule has 1 amide bonds. The third-order valence-electron chi connectivity index (χ3n) is 8.77. The van der Waals surface area contributed by atoms with Crippen LogP contribution in [0.2, 0.25) is 0 Å². The van der Waals surface area contributed by atoms with Gasteiger partial charge in [-0.05, 0) is 68.7 Å². The first kappa shape index (κ1) is 39.4. The molecule has 1 aromatic heterocycles. The summed E-state index contributed by atoms with van der Waals surface area (Å²) in [4.78, 5) is 33.2. The average Bonchev–Trinajstić information content (AvgIpc) is 3.53. The zero-order chi connectivity index (χ0) is 37.4. The highest BCUT2D eigenvalue weighted by Crippen LogP contribution is 2.53. The van der Waals surface area contributed by atoms with Crippen LogP contribution < -0.4 is 20.5 Å².